The molecule has 0 radical (unpaired) electrons. The summed E-state index contributed by atoms with van der Waals surface area (Å²) < 4.78 is 2.95. The van der Waals surface area contributed by atoms with E-state index in [1.165, 1.54) is 0 Å². The minimum Gasteiger partial charge on any atom is -0.291 e. The molecule has 0 saturated carbocycles. The van der Waals surface area contributed by atoms with Gasteiger partial charge in [-0.1, -0.05) is 34.1 Å². The van der Waals surface area contributed by atoms with Crippen LogP contribution in [-0.4, -0.2) is 14.4 Å². The van der Waals surface area contributed by atoms with Gasteiger partial charge >= 0.3 is 0 Å². The van der Waals surface area contributed by atoms with Crippen LogP contribution in [0.3, 0.4) is 0 Å². The van der Waals surface area contributed by atoms with E-state index in [9.17, 15) is 0 Å². The molecule has 3 rings (SSSR count). The van der Waals surface area contributed by atoms with Crippen LogP contribution in [0.4, 0.5) is 0 Å². The predicted octanol–water partition coefficient (Wildman–Crippen LogP) is 3.16. The van der Waals surface area contributed by atoms with Gasteiger partial charge in [0, 0.05) is 28.6 Å². The average molecular weight is 274 g/mol. The van der Waals surface area contributed by atoms with Crippen LogP contribution in [-0.2, 0) is 0 Å². The molecule has 0 atom stereocenters. The van der Waals surface area contributed by atoms with Gasteiger partial charge in [0.2, 0.25) is 5.78 Å². The molecular weight excluding hydrogens is 266 g/mol. The smallest absolute Gasteiger partial charge is 0.234 e. The van der Waals surface area contributed by atoms with E-state index in [1.54, 1.807) is 6.20 Å². The Morgan fingerprint density at radius 3 is 2.81 bits per heavy atom. The Labute approximate surface area is 101 Å². The second-order valence-corrected chi connectivity index (χ2v) is 4.29. The summed E-state index contributed by atoms with van der Waals surface area (Å²) in [5.74, 6) is 0.716. The lowest BCUT2D eigenvalue weighted by molar-refractivity contribution is 1.11. The van der Waals surface area contributed by atoms with Crippen molar-refractivity contribution < 1.29 is 0 Å². The van der Waals surface area contributed by atoms with Crippen LogP contribution in [0.1, 0.15) is 0 Å². The number of rotatable bonds is 1. The lowest BCUT2D eigenvalue weighted by Gasteiger charge is -1.98. The first kappa shape index (κ1) is 9.54. The van der Waals surface area contributed by atoms with Crippen molar-refractivity contribution in [3.05, 3.63) is 53.4 Å². The van der Waals surface area contributed by atoms with Gasteiger partial charge in [0.25, 0.3) is 0 Å². The molecule has 0 aliphatic carbocycles. The molecule has 0 aliphatic rings. The molecule has 16 heavy (non-hydrogen) atoms. The fraction of sp³-hybridized carbons (Fsp3) is 0. The van der Waals surface area contributed by atoms with Gasteiger partial charge in [-0.25, -0.2) is 9.97 Å². The van der Waals surface area contributed by atoms with E-state index in [2.05, 4.69) is 25.9 Å². The molecule has 3 aromatic rings. The van der Waals surface area contributed by atoms with Gasteiger partial charge in [0.15, 0.2) is 0 Å². The van der Waals surface area contributed by atoms with Crippen LogP contribution in [0.5, 0.6) is 0 Å². The summed E-state index contributed by atoms with van der Waals surface area (Å²) in [6.45, 7) is 0. The Morgan fingerprint density at radius 1 is 1.12 bits per heavy atom. The summed E-state index contributed by atoms with van der Waals surface area (Å²) in [5, 5.41) is 0. The topological polar surface area (TPSA) is 30.2 Å². The molecule has 4 heteroatoms. The molecule has 0 fully saturated rings. The van der Waals surface area contributed by atoms with Crippen LogP contribution < -0.4 is 0 Å². The highest BCUT2D eigenvalue weighted by molar-refractivity contribution is 9.10. The van der Waals surface area contributed by atoms with E-state index in [1.807, 2.05) is 47.1 Å². The first-order valence-corrected chi connectivity index (χ1v) is 5.68. The van der Waals surface area contributed by atoms with E-state index in [4.69, 9.17) is 0 Å². The van der Waals surface area contributed by atoms with Crippen LogP contribution >= 0.6 is 15.9 Å². The van der Waals surface area contributed by atoms with Gasteiger partial charge in [-0.05, 0) is 12.1 Å². The van der Waals surface area contributed by atoms with Gasteiger partial charge in [-0.3, -0.25) is 4.40 Å². The average Bonchev–Trinajstić information content (AvgIpc) is 2.73. The first-order valence-electron chi connectivity index (χ1n) is 4.89. The van der Waals surface area contributed by atoms with E-state index < -0.39 is 0 Å². The van der Waals surface area contributed by atoms with Gasteiger partial charge < -0.3 is 0 Å². The molecule has 3 nitrogen and oxygen atoms in total. The maximum absolute atomic E-state index is 4.47. The number of hydrogen-bond donors (Lipinski definition) is 0. The van der Waals surface area contributed by atoms with Crippen LogP contribution in [0, 0.1) is 0 Å². The first-order chi connectivity index (χ1) is 7.84. The lowest BCUT2D eigenvalue weighted by atomic mass is 10.2. The molecule has 0 N–H and O–H groups in total. The quantitative estimate of drug-likeness (QED) is 0.682. The zero-order valence-corrected chi connectivity index (χ0v) is 9.92. The van der Waals surface area contributed by atoms with Crippen molar-refractivity contribution >= 4 is 21.7 Å². The van der Waals surface area contributed by atoms with Gasteiger partial charge in [-0.15, -0.1) is 0 Å². The Kier molecular flexibility index (Phi) is 2.22. The Balaban J connectivity index is 2.23. The van der Waals surface area contributed by atoms with Crippen LogP contribution in [0.15, 0.2) is 53.4 Å². The van der Waals surface area contributed by atoms with Crippen LogP contribution in [0.25, 0.3) is 17.0 Å². The number of benzene rings is 1. The fourth-order valence-electron chi connectivity index (χ4n) is 1.63. The highest BCUT2D eigenvalue weighted by atomic mass is 79.9. The molecule has 2 heterocycles. The Morgan fingerprint density at radius 2 is 2.00 bits per heavy atom. The number of hydrogen-bond acceptors (Lipinski definition) is 2. The molecule has 0 bridgehead atoms. The highest BCUT2D eigenvalue weighted by Crippen LogP contribution is 2.26. The van der Waals surface area contributed by atoms with Crippen molar-refractivity contribution in [2.75, 3.05) is 0 Å². The predicted molar refractivity (Wildman–Crippen MR) is 66.1 cm³/mol. The van der Waals surface area contributed by atoms with Crippen LogP contribution in [0.2, 0.25) is 0 Å². The van der Waals surface area contributed by atoms with Crippen molar-refractivity contribution in [2.45, 2.75) is 0 Å². The molecule has 78 valence electrons. The minimum atomic E-state index is 0.716. The molecule has 1 aromatic carbocycles. The molecular formula is C12H8BrN3. The summed E-state index contributed by atoms with van der Waals surface area (Å²) in [6, 6.07) is 9.91. The van der Waals surface area contributed by atoms with E-state index in [0.717, 1.165) is 15.7 Å². The summed E-state index contributed by atoms with van der Waals surface area (Å²) in [5.41, 5.74) is 2.00. The standard InChI is InChI=1S/C12H8BrN3/c13-10-5-2-1-4-9(10)11-8-16-7-3-6-14-12(16)15-11/h1-8H. The maximum atomic E-state index is 4.47. The van der Waals surface area contributed by atoms with Crippen molar-refractivity contribution in [1.82, 2.24) is 14.4 Å². The summed E-state index contributed by atoms with van der Waals surface area (Å²) in [7, 11) is 0. The monoisotopic (exact) mass is 273 g/mol. The summed E-state index contributed by atoms with van der Waals surface area (Å²) >= 11 is 3.52. The van der Waals surface area contributed by atoms with Gasteiger partial charge in [-0.2, -0.15) is 0 Å². The van der Waals surface area contributed by atoms with E-state index in [0.29, 0.717) is 5.78 Å². The zero-order valence-electron chi connectivity index (χ0n) is 8.34. The second-order valence-electron chi connectivity index (χ2n) is 3.43. The minimum absolute atomic E-state index is 0.716. The number of imidazole rings is 1. The molecule has 2 aromatic heterocycles. The Bertz CT molecular complexity index is 612. The van der Waals surface area contributed by atoms with E-state index in [-0.39, 0.29) is 0 Å². The second kappa shape index (κ2) is 3.72. The number of aromatic nitrogens is 3. The van der Waals surface area contributed by atoms with Crippen molar-refractivity contribution in [3.8, 4) is 11.3 Å². The highest BCUT2D eigenvalue weighted by Gasteiger charge is 2.06. The third-order valence-electron chi connectivity index (χ3n) is 2.39. The molecule has 0 saturated heterocycles. The Hall–Kier alpha value is -1.68. The maximum Gasteiger partial charge on any atom is 0.234 e. The molecule has 0 unspecified atom stereocenters. The summed E-state index contributed by atoms with van der Waals surface area (Å²) in [6.07, 6.45) is 5.66. The third-order valence-corrected chi connectivity index (χ3v) is 3.08. The third kappa shape index (κ3) is 1.51. The largest absolute Gasteiger partial charge is 0.291 e. The SMILES string of the molecule is Brc1ccccc1-c1cn2cccnc2n1. The molecule has 0 spiro atoms. The number of halogens is 1. The normalized spacial score (nSPS) is 10.8. The van der Waals surface area contributed by atoms with Gasteiger partial charge in [0.05, 0.1) is 5.69 Å². The lowest BCUT2D eigenvalue weighted by Crippen LogP contribution is -1.83. The van der Waals surface area contributed by atoms with E-state index >= 15 is 0 Å². The van der Waals surface area contributed by atoms with Crippen molar-refractivity contribution in [2.24, 2.45) is 0 Å². The van der Waals surface area contributed by atoms with Crippen molar-refractivity contribution in [1.29, 1.82) is 0 Å². The molecule has 0 aliphatic heterocycles. The fourth-order valence-corrected chi connectivity index (χ4v) is 2.12. The van der Waals surface area contributed by atoms with Gasteiger partial charge in [0.1, 0.15) is 0 Å². The number of nitrogens with zero attached hydrogens (tertiary/aromatic N) is 3. The molecule has 0 amide bonds. The summed E-state index contributed by atoms with van der Waals surface area (Å²) in [4.78, 5) is 8.66. The zero-order chi connectivity index (χ0) is 11.0. The van der Waals surface area contributed by atoms with Crippen molar-refractivity contribution in [3.63, 3.8) is 0 Å². The number of fused-ring (bicyclic) bond motifs is 1.